The second-order valence-electron chi connectivity index (χ2n) is 6.25. The summed E-state index contributed by atoms with van der Waals surface area (Å²) in [7, 11) is 0. The van der Waals surface area contributed by atoms with Gasteiger partial charge in [-0.15, -0.1) is 0 Å². The zero-order valence-corrected chi connectivity index (χ0v) is 13.7. The van der Waals surface area contributed by atoms with Crippen LogP contribution in [0, 0.1) is 5.92 Å². The average Bonchev–Trinajstić information content (AvgIpc) is 2.60. The summed E-state index contributed by atoms with van der Waals surface area (Å²) in [6, 6.07) is 12.6. The molecule has 2 atom stereocenters. The van der Waals surface area contributed by atoms with Crippen molar-refractivity contribution in [1.29, 1.82) is 0 Å². The van der Waals surface area contributed by atoms with Gasteiger partial charge in [0.1, 0.15) is 5.69 Å². The first-order chi connectivity index (χ1) is 11.6. The number of carbonyl (C=O) groups is 1. The van der Waals surface area contributed by atoms with Gasteiger partial charge in [-0.25, -0.2) is 4.68 Å². The van der Waals surface area contributed by atoms with E-state index in [1.807, 2.05) is 30.3 Å². The quantitative estimate of drug-likeness (QED) is 0.879. The highest BCUT2D eigenvalue weighted by Gasteiger charge is 2.23. The first-order valence-electron chi connectivity index (χ1n) is 8.27. The zero-order valence-electron chi connectivity index (χ0n) is 13.7. The fourth-order valence-electron chi connectivity index (χ4n) is 2.86. The van der Waals surface area contributed by atoms with Gasteiger partial charge in [-0.3, -0.25) is 9.59 Å². The molecular formula is C18H22N4O2. The Kier molecular flexibility index (Phi) is 5.05. The van der Waals surface area contributed by atoms with E-state index in [9.17, 15) is 9.59 Å². The maximum absolute atomic E-state index is 12.5. The first-order valence-corrected chi connectivity index (χ1v) is 8.27. The van der Waals surface area contributed by atoms with Crippen molar-refractivity contribution < 1.29 is 4.79 Å². The summed E-state index contributed by atoms with van der Waals surface area (Å²) in [6.07, 6.45) is 1.03. The molecule has 6 nitrogen and oxygen atoms in total. The predicted molar refractivity (Wildman–Crippen MR) is 91.9 cm³/mol. The van der Waals surface area contributed by atoms with Gasteiger partial charge < -0.3 is 10.6 Å². The van der Waals surface area contributed by atoms with E-state index in [4.69, 9.17) is 0 Å². The van der Waals surface area contributed by atoms with Crippen LogP contribution in [0.25, 0.3) is 0 Å². The minimum Gasteiger partial charge on any atom is -0.346 e. The number of amides is 1. The summed E-state index contributed by atoms with van der Waals surface area (Å²) in [5, 5.41) is 10.5. The summed E-state index contributed by atoms with van der Waals surface area (Å²) in [4.78, 5) is 24.5. The second-order valence-corrected chi connectivity index (χ2v) is 6.25. The Bertz CT molecular complexity index is 757. The van der Waals surface area contributed by atoms with Crippen LogP contribution in [-0.4, -0.2) is 34.8 Å². The molecule has 0 spiro atoms. The molecule has 3 rings (SSSR count). The fraction of sp³-hybridized carbons (Fsp3) is 0.389. The van der Waals surface area contributed by atoms with E-state index in [0.29, 0.717) is 12.5 Å². The van der Waals surface area contributed by atoms with E-state index < -0.39 is 0 Å². The average molecular weight is 326 g/mol. The standard InChI is InChI=1S/C18H22N4O2/c1-13-9-10-19-11-16(13)20-18(24)15-7-8-17(23)22(21-15)12-14-5-3-2-4-6-14/h2-8,13,16,19H,9-12H2,1H3,(H,20,24). The highest BCUT2D eigenvalue weighted by molar-refractivity contribution is 5.92. The monoisotopic (exact) mass is 326 g/mol. The largest absolute Gasteiger partial charge is 0.346 e. The zero-order chi connectivity index (χ0) is 16.9. The molecule has 1 aliphatic heterocycles. The van der Waals surface area contributed by atoms with Crippen LogP contribution in [0.15, 0.2) is 47.3 Å². The van der Waals surface area contributed by atoms with Crippen LogP contribution in [0.3, 0.4) is 0 Å². The Morgan fingerprint density at radius 2 is 2.08 bits per heavy atom. The van der Waals surface area contributed by atoms with E-state index in [2.05, 4.69) is 22.7 Å². The molecule has 0 aliphatic carbocycles. The minimum absolute atomic E-state index is 0.0857. The van der Waals surface area contributed by atoms with E-state index >= 15 is 0 Å². The van der Waals surface area contributed by atoms with Crippen LogP contribution in [-0.2, 0) is 6.54 Å². The molecule has 126 valence electrons. The Morgan fingerprint density at radius 1 is 1.29 bits per heavy atom. The maximum Gasteiger partial charge on any atom is 0.271 e. The molecule has 0 saturated carbocycles. The van der Waals surface area contributed by atoms with Gasteiger partial charge in [-0.1, -0.05) is 37.3 Å². The second kappa shape index (κ2) is 7.40. The summed E-state index contributed by atoms with van der Waals surface area (Å²) >= 11 is 0. The highest BCUT2D eigenvalue weighted by Crippen LogP contribution is 2.11. The van der Waals surface area contributed by atoms with Crippen molar-refractivity contribution in [3.05, 3.63) is 64.1 Å². The van der Waals surface area contributed by atoms with Crippen LogP contribution < -0.4 is 16.2 Å². The molecule has 1 amide bonds. The van der Waals surface area contributed by atoms with Crippen molar-refractivity contribution in [2.75, 3.05) is 13.1 Å². The summed E-state index contributed by atoms with van der Waals surface area (Å²) < 4.78 is 1.33. The summed E-state index contributed by atoms with van der Waals surface area (Å²) in [5.74, 6) is 0.183. The molecule has 2 unspecified atom stereocenters. The van der Waals surface area contributed by atoms with Crippen molar-refractivity contribution in [3.63, 3.8) is 0 Å². The van der Waals surface area contributed by atoms with E-state index in [1.165, 1.54) is 16.8 Å². The SMILES string of the molecule is CC1CCNCC1NC(=O)c1ccc(=O)n(Cc2ccccc2)n1. The number of aromatic nitrogens is 2. The Hall–Kier alpha value is -2.47. The summed E-state index contributed by atoms with van der Waals surface area (Å²) in [5.41, 5.74) is 1.01. The number of nitrogens with zero attached hydrogens (tertiary/aromatic N) is 2. The molecule has 1 aliphatic rings. The first kappa shape index (κ1) is 16.4. The molecule has 1 aromatic heterocycles. The number of hydrogen-bond acceptors (Lipinski definition) is 4. The molecule has 2 aromatic rings. The highest BCUT2D eigenvalue weighted by atomic mass is 16.2. The molecule has 1 aromatic carbocycles. The third-order valence-electron chi connectivity index (χ3n) is 4.42. The fourth-order valence-corrected chi connectivity index (χ4v) is 2.86. The third kappa shape index (κ3) is 3.89. The maximum atomic E-state index is 12.5. The molecule has 0 bridgehead atoms. The number of hydrogen-bond donors (Lipinski definition) is 2. The predicted octanol–water partition coefficient (Wildman–Crippen LogP) is 1.02. The molecule has 2 heterocycles. The lowest BCUT2D eigenvalue weighted by Gasteiger charge is -2.30. The van der Waals surface area contributed by atoms with Crippen molar-refractivity contribution >= 4 is 5.91 Å². The number of rotatable bonds is 4. The third-order valence-corrected chi connectivity index (χ3v) is 4.42. The molecule has 0 radical (unpaired) electrons. The Morgan fingerprint density at radius 3 is 2.83 bits per heavy atom. The van der Waals surface area contributed by atoms with Gasteiger partial charge in [0.05, 0.1) is 6.54 Å². The lowest BCUT2D eigenvalue weighted by atomic mass is 9.95. The molecule has 1 fully saturated rings. The van der Waals surface area contributed by atoms with Crippen LogP contribution in [0.2, 0.25) is 0 Å². The van der Waals surface area contributed by atoms with Crippen molar-refractivity contribution in [2.24, 2.45) is 5.92 Å². The lowest BCUT2D eigenvalue weighted by molar-refractivity contribution is 0.0907. The number of benzene rings is 1. The molecule has 6 heteroatoms. The lowest BCUT2D eigenvalue weighted by Crippen LogP contribution is -2.50. The van der Waals surface area contributed by atoms with Crippen molar-refractivity contribution in [3.8, 4) is 0 Å². The normalized spacial score (nSPS) is 20.5. The smallest absolute Gasteiger partial charge is 0.271 e. The number of carbonyl (C=O) groups excluding carboxylic acids is 1. The van der Waals surface area contributed by atoms with Crippen molar-refractivity contribution in [1.82, 2.24) is 20.4 Å². The van der Waals surface area contributed by atoms with Gasteiger partial charge in [0.25, 0.3) is 11.5 Å². The Balaban J connectivity index is 1.75. The number of nitrogens with one attached hydrogen (secondary N) is 2. The summed E-state index contributed by atoms with van der Waals surface area (Å²) in [6.45, 7) is 4.22. The van der Waals surface area contributed by atoms with E-state index in [0.717, 1.165) is 25.1 Å². The van der Waals surface area contributed by atoms with Gasteiger partial charge in [-0.05, 0) is 30.5 Å². The molecule has 24 heavy (non-hydrogen) atoms. The molecular weight excluding hydrogens is 304 g/mol. The van der Waals surface area contributed by atoms with Gasteiger partial charge >= 0.3 is 0 Å². The Labute approximate surface area is 140 Å². The van der Waals surface area contributed by atoms with Crippen LogP contribution in [0.5, 0.6) is 0 Å². The van der Waals surface area contributed by atoms with E-state index in [-0.39, 0.29) is 23.2 Å². The van der Waals surface area contributed by atoms with Gasteiger partial charge in [0.15, 0.2) is 0 Å². The minimum atomic E-state index is -0.239. The van der Waals surface area contributed by atoms with Crippen LogP contribution in [0.1, 0.15) is 29.4 Å². The van der Waals surface area contributed by atoms with E-state index in [1.54, 1.807) is 0 Å². The topological polar surface area (TPSA) is 76.0 Å². The van der Waals surface area contributed by atoms with Gasteiger partial charge in [-0.2, -0.15) is 5.10 Å². The molecule has 2 N–H and O–H groups in total. The molecule has 1 saturated heterocycles. The van der Waals surface area contributed by atoms with Crippen LogP contribution >= 0.6 is 0 Å². The van der Waals surface area contributed by atoms with Gasteiger partial charge in [0, 0.05) is 18.7 Å². The van der Waals surface area contributed by atoms with Crippen molar-refractivity contribution in [2.45, 2.75) is 25.9 Å². The van der Waals surface area contributed by atoms with Gasteiger partial charge in [0.2, 0.25) is 0 Å². The number of piperidine rings is 1. The van der Waals surface area contributed by atoms with Crippen LogP contribution in [0.4, 0.5) is 0 Å².